The van der Waals surface area contributed by atoms with Gasteiger partial charge in [-0.1, -0.05) is 18.2 Å². The summed E-state index contributed by atoms with van der Waals surface area (Å²) in [4.78, 5) is 10.1. The zero-order chi connectivity index (χ0) is 17.9. The number of rotatable bonds is 5. The molecule has 0 radical (unpaired) electrons. The van der Waals surface area contributed by atoms with E-state index < -0.39 is 4.92 Å². The summed E-state index contributed by atoms with van der Waals surface area (Å²) in [7, 11) is 0. The van der Waals surface area contributed by atoms with Gasteiger partial charge in [-0.2, -0.15) is 5.10 Å². The SMILES string of the molecule is O=[N+]([O-])c1ccc(/C=C\C2=NN(c3ccccc3)[C@@H](c3ccco3)C2)o1. The quantitative estimate of drug-likeness (QED) is 0.488. The molecular formula is C19H15N3O4. The van der Waals surface area contributed by atoms with Crippen LogP contribution in [0.1, 0.15) is 24.0 Å². The number of anilines is 1. The van der Waals surface area contributed by atoms with Crippen LogP contribution in [-0.2, 0) is 0 Å². The highest BCUT2D eigenvalue weighted by Gasteiger charge is 2.30. The van der Waals surface area contributed by atoms with Gasteiger partial charge in [0.25, 0.3) is 0 Å². The Balaban J connectivity index is 1.60. The monoisotopic (exact) mass is 349 g/mol. The van der Waals surface area contributed by atoms with Crippen molar-refractivity contribution in [1.82, 2.24) is 0 Å². The number of allylic oxidation sites excluding steroid dienone is 1. The van der Waals surface area contributed by atoms with Crippen molar-refractivity contribution in [2.24, 2.45) is 5.10 Å². The van der Waals surface area contributed by atoms with E-state index in [-0.39, 0.29) is 11.9 Å². The van der Waals surface area contributed by atoms with Crippen molar-refractivity contribution in [2.45, 2.75) is 12.5 Å². The van der Waals surface area contributed by atoms with Crippen LogP contribution in [0.25, 0.3) is 6.08 Å². The van der Waals surface area contributed by atoms with Gasteiger partial charge in [0.1, 0.15) is 22.5 Å². The molecule has 0 saturated carbocycles. The van der Waals surface area contributed by atoms with Crippen LogP contribution < -0.4 is 5.01 Å². The maximum absolute atomic E-state index is 10.7. The van der Waals surface area contributed by atoms with Crippen molar-refractivity contribution in [1.29, 1.82) is 0 Å². The van der Waals surface area contributed by atoms with Crippen molar-refractivity contribution < 1.29 is 13.8 Å². The van der Waals surface area contributed by atoms with Gasteiger partial charge >= 0.3 is 5.88 Å². The second-order valence-electron chi connectivity index (χ2n) is 5.77. The third kappa shape index (κ3) is 3.14. The molecule has 0 unspecified atom stereocenters. The van der Waals surface area contributed by atoms with Crippen molar-refractivity contribution >= 4 is 23.4 Å². The second-order valence-corrected chi connectivity index (χ2v) is 5.77. The molecule has 0 aliphatic carbocycles. The van der Waals surface area contributed by atoms with E-state index in [4.69, 9.17) is 8.83 Å². The standard InChI is InChI=1S/C19H15N3O4/c23-22(24)19-11-10-16(26-19)9-8-14-13-17(18-7-4-12-25-18)21(20-14)15-5-2-1-3-6-15/h1-12,17H,13H2/b9-8-/t17-/m1/s1. The number of hydrogen-bond acceptors (Lipinski definition) is 6. The summed E-state index contributed by atoms with van der Waals surface area (Å²) in [6.45, 7) is 0. The van der Waals surface area contributed by atoms with Crippen molar-refractivity contribution in [3.8, 4) is 0 Å². The smallest absolute Gasteiger partial charge is 0.433 e. The molecule has 1 aliphatic heterocycles. The molecule has 1 aliphatic rings. The summed E-state index contributed by atoms with van der Waals surface area (Å²) in [5.41, 5.74) is 1.79. The van der Waals surface area contributed by atoms with E-state index in [1.807, 2.05) is 47.5 Å². The Kier molecular flexibility index (Phi) is 4.10. The largest absolute Gasteiger partial charge is 0.467 e. The van der Waals surface area contributed by atoms with E-state index in [9.17, 15) is 10.1 Å². The van der Waals surface area contributed by atoms with Gasteiger partial charge in [0.2, 0.25) is 0 Å². The predicted molar refractivity (Wildman–Crippen MR) is 96.8 cm³/mol. The molecule has 3 heterocycles. The topological polar surface area (TPSA) is 85.0 Å². The van der Waals surface area contributed by atoms with Crippen molar-refractivity contribution in [3.63, 3.8) is 0 Å². The molecule has 0 spiro atoms. The lowest BCUT2D eigenvalue weighted by Crippen LogP contribution is -2.17. The van der Waals surface area contributed by atoms with Crippen LogP contribution in [0.4, 0.5) is 11.6 Å². The zero-order valence-electron chi connectivity index (χ0n) is 13.7. The van der Waals surface area contributed by atoms with Crippen LogP contribution in [0.3, 0.4) is 0 Å². The fourth-order valence-corrected chi connectivity index (χ4v) is 2.86. The maximum atomic E-state index is 10.7. The Morgan fingerprint density at radius 3 is 2.65 bits per heavy atom. The minimum atomic E-state index is -0.561. The zero-order valence-corrected chi connectivity index (χ0v) is 13.7. The number of hydrogen-bond donors (Lipinski definition) is 0. The third-order valence-electron chi connectivity index (χ3n) is 4.06. The minimum absolute atomic E-state index is 0.0435. The average molecular weight is 349 g/mol. The molecule has 0 fully saturated rings. The lowest BCUT2D eigenvalue weighted by Gasteiger charge is -2.21. The summed E-state index contributed by atoms with van der Waals surface area (Å²) >= 11 is 0. The van der Waals surface area contributed by atoms with E-state index >= 15 is 0 Å². The summed E-state index contributed by atoms with van der Waals surface area (Å²) < 4.78 is 10.7. The van der Waals surface area contributed by atoms with Gasteiger partial charge < -0.3 is 8.83 Å². The molecule has 0 saturated heterocycles. The van der Waals surface area contributed by atoms with E-state index in [0.29, 0.717) is 12.2 Å². The Labute approximate surface area is 149 Å². The van der Waals surface area contributed by atoms with E-state index in [2.05, 4.69) is 5.10 Å². The van der Waals surface area contributed by atoms with Crippen LogP contribution in [0, 0.1) is 10.1 Å². The van der Waals surface area contributed by atoms with Crippen LogP contribution in [0.15, 0.2) is 80.9 Å². The molecule has 0 N–H and O–H groups in total. The molecule has 0 bridgehead atoms. The lowest BCUT2D eigenvalue weighted by atomic mass is 10.1. The fraction of sp³-hybridized carbons (Fsp3) is 0.105. The molecule has 7 nitrogen and oxygen atoms in total. The molecule has 0 amide bonds. The summed E-state index contributed by atoms with van der Waals surface area (Å²) in [5, 5.41) is 17.3. The highest BCUT2D eigenvalue weighted by atomic mass is 16.6. The van der Waals surface area contributed by atoms with E-state index in [1.165, 1.54) is 6.07 Å². The van der Waals surface area contributed by atoms with Crippen LogP contribution >= 0.6 is 0 Å². The Hall–Kier alpha value is -3.61. The fourth-order valence-electron chi connectivity index (χ4n) is 2.86. The average Bonchev–Trinajstić information content (AvgIpc) is 3.39. The Morgan fingerprint density at radius 2 is 1.96 bits per heavy atom. The maximum Gasteiger partial charge on any atom is 0.433 e. The normalized spacial score (nSPS) is 17.0. The first kappa shape index (κ1) is 15.9. The highest BCUT2D eigenvalue weighted by Crippen LogP contribution is 2.35. The van der Waals surface area contributed by atoms with Gasteiger partial charge in [-0.05, 0) is 42.5 Å². The first-order chi connectivity index (χ1) is 12.7. The van der Waals surface area contributed by atoms with Gasteiger partial charge in [-0.3, -0.25) is 15.1 Å². The molecule has 7 heteroatoms. The van der Waals surface area contributed by atoms with Gasteiger partial charge in [-0.15, -0.1) is 0 Å². The summed E-state index contributed by atoms with van der Waals surface area (Å²) in [6, 6.07) is 16.5. The molecule has 3 aromatic rings. The second kappa shape index (κ2) is 6.72. The highest BCUT2D eigenvalue weighted by molar-refractivity contribution is 6.00. The molecule has 26 heavy (non-hydrogen) atoms. The van der Waals surface area contributed by atoms with Gasteiger partial charge in [0.15, 0.2) is 0 Å². The van der Waals surface area contributed by atoms with Crippen LogP contribution in [0.5, 0.6) is 0 Å². The Bertz CT molecular complexity index is 958. The molecule has 1 aromatic carbocycles. The predicted octanol–water partition coefficient (Wildman–Crippen LogP) is 4.80. The number of nitrogens with zero attached hydrogens (tertiary/aromatic N) is 3. The van der Waals surface area contributed by atoms with Gasteiger partial charge in [-0.25, -0.2) is 0 Å². The number of hydrazone groups is 1. The minimum Gasteiger partial charge on any atom is -0.467 e. The molecule has 130 valence electrons. The summed E-state index contributed by atoms with van der Waals surface area (Å²) in [6.07, 6.45) is 5.79. The first-order valence-corrected chi connectivity index (χ1v) is 8.08. The summed E-state index contributed by atoms with van der Waals surface area (Å²) in [5.74, 6) is 0.958. The molecule has 4 rings (SSSR count). The number of benzene rings is 1. The number of nitro groups is 1. The van der Waals surface area contributed by atoms with Crippen LogP contribution in [-0.4, -0.2) is 10.6 Å². The number of furan rings is 2. The van der Waals surface area contributed by atoms with E-state index in [0.717, 1.165) is 17.2 Å². The van der Waals surface area contributed by atoms with Crippen LogP contribution in [0.2, 0.25) is 0 Å². The molecule has 2 aromatic heterocycles. The van der Waals surface area contributed by atoms with Gasteiger partial charge in [0.05, 0.1) is 23.7 Å². The molecular weight excluding hydrogens is 334 g/mol. The first-order valence-electron chi connectivity index (χ1n) is 8.08. The third-order valence-corrected chi connectivity index (χ3v) is 4.06. The van der Waals surface area contributed by atoms with Gasteiger partial charge in [0, 0.05) is 6.42 Å². The van der Waals surface area contributed by atoms with Crippen molar-refractivity contribution in [2.75, 3.05) is 5.01 Å². The Morgan fingerprint density at radius 1 is 1.12 bits per heavy atom. The lowest BCUT2D eigenvalue weighted by molar-refractivity contribution is -0.402. The van der Waals surface area contributed by atoms with E-state index in [1.54, 1.807) is 24.5 Å². The number of para-hydroxylation sites is 1. The molecule has 1 atom stereocenters. The van der Waals surface area contributed by atoms with Crippen molar-refractivity contribution in [3.05, 3.63) is 88.6 Å².